The van der Waals surface area contributed by atoms with E-state index in [0.29, 0.717) is 30.4 Å². The van der Waals surface area contributed by atoms with E-state index in [4.69, 9.17) is 10.3 Å². The van der Waals surface area contributed by atoms with Gasteiger partial charge in [0.2, 0.25) is 11.8 Å². The lowest BCUT2D eigenvalue weighted by atomic mass is 9.97. The third kappa shape index (κ3) is 4.60. The largest absolute Gasteiger partial charge is 0.416 e. The van der Waals surface area contributed by atoms with Crippen LogP contribution in [0.5, 0.6) is 0 Å². The molecule has 2 N–H and O–H groups in total. The van der Waals surface area contributed by atoms with Crippen LogP contribution in [0.25, 0.3) is 0 Å². The van der Waals surface area contributed by atoms with Crippen molar-refractivity contribution < 1.29 is 22.5 Å². The molecule has 1 fully saturated rings. The summed E-state index contributed by atoms with van der Waals surface area (Å²) in [5.74, 6) is 0.196. The molecule has 0 spiro atoms. The number of aromatic nitrogens is 2. The van der Waals surface area contributed by atoms with E-state index in [0.717, 1.165) is 31.5 Å². The fourth-order valence-corrected chi connectivity index (χ4v) is 3.09. The molecule has 1 atom stereocenters. The minimum atomic E-state index is -4.39. The Hall–Kier alpha value is -2.42. The summed E-state index contributed by atoms with van der Waals surface area (Å²) in [6, 6.07) is 5.05. The van der Waals surface area contributed by atoms with Crippen molar-refractivity contribution in [1.29, 1.82) is 0 Å². The maximum Gasteiger partial charge on any atom is 0.416 e. The quantitative estimate of drug-likeness (QED) is 0.876. The van der Waals surface area contributed by atoms with Crippen LogP contribution in [0.3, 0.4) is 0 Å². The van der Waals surface area contributed by atoms with Crippen LogP contribution in [-0.4, -0.2) is 34.0 Å². The van der Waals surface area contributed by atoms with Crippen molar-refractivity contribution in [1.82, 2.24) is 15.0 Å². The van der Waals surface area contributed by atoms with Crippen molar-refractivity contribution in [2.24, 2.45) is 11.7 Å². The molecule has 0 aliphatic carbocycles. The van der Waals surface area contributed by atoms with E-state index in [1.807, 2.05) is 4.90 Å². The molecule has 0 saturated carbocycles. The number of carbonyl (C=O) groups is 1. The number of amides is 1. The van der Waals surface area contributed by atoms with Crippen LogP contribution in [0.1, 0.15) is 35.7 Å². The number of halogens is 3. The van der Waals surface area contributed by atoms with Gasteiger partial charge < -0.3 is 10.3 Å². The van der Waals surface area contributed by atoms with Crippen molar-refractivity contribution >= 4 is 5.91 Å². The fourth-order valence-electron chi connectivity index (χ4n) is 3.09. The topological polar surface area (TPSA) is 85.3 Å². The summed E-state index contributed by atoms with van der Waals surface area (Å²) < 4.78 is 43.5. The van der Waals surface area contributed by atoms with Gasteiger partial charge in [0.1, 0.15) is 0 Å². The van der Waals surface area contributed by atoms with Crippen molar-refractivity contribution in [3.8, 4) is 0 Å². The number of piperidine rings is 1. The summed E-state index contributed by atoms with van der Waals surface area (Å²) in [5.41, 5.74) is 5.11. The van der Waals surface area contributed by atoms with E-state index < -0.39 is 11.7 Å². The van der Waals surface area contributed by atoms with Gasteiger partial charge in [0.25, 0.3) is 0 Å². The predicted molar refractivity (Wildman–Crippen MR) is 85.7 cm³/mol. The number of primary amides is 1. The molecule has 6 nitrogen and oxygen atoms in total. The zero-order valence-corrected chi connectivity index (χ0v) is 14.0. The summed E-state index contributed by atoms with van der Waals surface area (Å²) >= 11 is 0. The first-order valence-corrected chi connectivity index (χ1v) is 8.30. The Morgan fingerprint density at radius 2 is 2.19 bits per heavy atom. The number of nitrogens with two attached hydrogens (primary N) is 1. The molecule has 1 saturated heterocycles. The molecule has 26 heavy (non-hydrogen) atoms. The van der Waals surface area contributed by atoms with Crippen molar-refractivity contribution in [3.05, 3.63) is 47.1 Å². The molecular weight excluding hydrogens is 349 g/mol. The third-order valence-electron chi connectivity index (χ3n) is 4.39. The second-order valence-electron chi connectivity index (χ2n) is 6.46. The zero-order chi connectivity index (χ0) is 18.7. The van der Waals surface area contributed by atoms with Crippen molar-refractivity contribution in [3.63, 3.8) is 0 Å². The molecule has 1 aliphatic rings. The standard InChI is InChI=1S/C17H19F3N4O2/c18-17(19,20)13-5-1-3-11(7-13)8-14-22-15(26-23-14)10-24-6-2-4-12(9-24)16(21)25/h1,3,5,7,12H,2,4,6,8-10H2,(H2,21,25)/t12-/m0/s1. The van der Waals surface area contributed by atoms with Crippen molar-refractivity contribution in [2.45, 2.75) is 32.0 Å². The van der Waals surface area contributed by atoms with Gasteiger partial charge in [-0.2, -0.15) is 18.2 Å². The maximum absolute atomic E-state index is 12.8. The molecule has 2 heterocycles. The number of carbonyl (C=O) groups excluding carboxylic acids is 1. The number of hydrogen-bond donors (Lipinski definition) is 1. The molecule has 0 unspecified atom stereocenters. The van der Waals surface area contributed by atoms with E-state index in [1.165, 1.54) is 6.07 Å². The minimum absolute atomic E-state index is 0.150. The van der Waals surface area contributed by atoms with E-state index >= 15 is 0 Å². The molecule has 1 aromatic heterocycles. The second kappa shape index (κ2) is 7.45. The Morgan fingerprint density at radius 3 is 2.92 bits per heavy atom. The van der Waals surface area contributed by atoms with Gasteiger partial charge in [-0.15, -0.1) is 0 Å². The summed E-state index contributed by atoms with van der Waals surface area (Å²) in [7, 11) is 0. The number of benzene rings is 1. The van der Waals surface area contributed by atoms with Gasteiger partial charge in [0.05, 0.1) is 18.0 Å². The Labute approximate surface area is 148 Å². The Balaban J connectivity index is 1.62. The zero-order valence-electron chi connectivity index (χ0n) is 14.0. The average molecular weight is 368 g/mol. The lowest BCUT2D eigenvalue weighted by molar-refractivity contribution is -0.137. The fraction of sp³-hybridized carbons (Fsp3) is 0.471. The molecule has 1 aliphatic heterocycles. The predicted octanol–water partition coefficient (Wildman–Crippen LogP) is 2.38. The van der Waals surface area contributed by atoms with Gasteiger partial charge in [0.15, 0.2) is 5.82 Å². The van der Waals surface area contributed by atoms with E-state index in [-0.39, 0.29) is 18.2 Å². The molecule has 1 aromatic carbocycles. The number of nitrogens with zero attached hydrogens (tertiary/aromatic N) is 3. The van der Waals surface area contributed by atoms with Gasteiger partial charge in [-0.25, -0.2) is 0 Å². The van der Waals surface area contributed by atoms with Gasteiger partial charge in [-0.05, 0) is 31.0 Å². The number of likely N-dealkylation sites (tertiary alicyclic amines) is 1. The van der Waals surface area contributed by atoms with Crippen LogP contribution >= 0.6 is 0 Å². The third-order valence-corrected chi connectivity index (χ3v) is 4.39. The molecule has 3 rings (SSSR count). The smallest absolute Gasteiger partial charge is 0.369 e. The van der Waals surface area contributed by atoms with Crippen LogP contribution in [0, 0.1) is 5.92 Å². The van der Waals surface area contributed by atoms with Crippen LogP contribution < -0.4 is 5.73 Å². The van der Waals surface area contributed by atoms with Crippen molar-refractivity contribution in [2.75, 3.05) is 13.1 Å². The lowest BCUT2D eigenvalue weighted by Crippen LogP contribution is -2.40. The summed E-state index contributed by atoms with van der Waals surface area (Å²) in [5, 5.41) is 3.84. The molecule has 0 radical (unpaired) electrons. The highest BCUT2D eigenvalue weighted by Gasteiger charge is 2.30. The molecular formula is C17H19F3N4O2. The molecule has 1 amide bonds. The maximum atomic E-state index is 12.8. The summed E-state index contributed by atoms with van der Waals surface area (Å²) in [6.45, 7) is 1.73. The van der Waals surface area contributed by atoms with Crippen LogP contribution in [0.2, 0.25) is 0 Å². The molecule has 2 aromatic rings. The Morgan fingerprint density at radius 1 is 1.38 bits per heavy atom. The number of alkyl halides is 3. The lowest BCUT2D eigenvalue weighted by Gasteiger charge is -2.29. The molecule has 140 valence electrons. The second-order valence-corrected chi connectivity index (χ2v) is 6.46. The van der Waals surface area contributed by atoms with Crippen LogP contribution in [0.15, 0.2) is 28.8 Å². The van der Waals surface area contributed by atoms with Crippen LogP contribution in [-0.2, 0) is 23.9 Å². The van der Waals surface area contributed by atoms with E-state index in [9.17, 15) is 18.0 Å². The highest BCUT2D eigenvalue weighted by atomic mass is 19.4. The SMILES string of the molecule is NC(=O)[C@H]1CCCN(Cc2nc(Cc3cccc(C(F)(F)F)c3)no2)C1. The van der Waals surface area contributed by atoms with Gasteiger partial charge in [-0.1, -0.05) is 23.4 Å². The van der Waals surface area contributed by atoms with E-state index in [1.54, 1.807) is 6.07 Å². The number of rotatable bonds is 5. The van der Waals surface area contributed by atoms with Gasteiger partial charge >= 0.3 is 6.18 Å². The van der Waals surface area contributed by atoms with Gasteiger partial charge in [0, 0.05) is 13.0 Å². The first kappa shape index (κ1) is 18.4. The normalized spacial score (nSPS) is 18.8. The highest BCUT2D eigenvalue weighted by Crippen LogP contribution is 2.29. The molecule has 0 bridgehead atoms. The number of hydrogen-bond acceptors (Lipinski definition) is 5. The Kier molecular flexibility index (Phi) is 5.26. The monoisotopic (exact) mass is 368 g/mol. The summed E-state index contributed by atoms with van der Waals surface area (Å²) in [6.07, 6.45) is -2.60. The summed E-state index contributed by atoms with van der Waals surface area (Å²) in [4.78, 5) is 17.6. The van der Waals surface area contributed by atoms with E-state index in [2.05, 4.69) is 10.1 Å². The highest BCUT2D eigenvalue weighted by molar-refractivity contribution is 5.76. The Bertz CT molecular complexity index is 775. The van der Waals surface area contributed by atoms with Gasteiger partial charge in [-0.3, -0.25) is 9.69 Å². The van der Waals surface area contributed by atoms with Crippen LogP contribution in [0.4, 0.5) is 13.2 Å². The minimum Gasteiger partial charge on any atom is -0.369 e. The molecule has 9 heteroatoms. The first-order valence-electron chi connectivity index (χ1n) is 8.30. The average Bonchev–Trinajstić information content (AvgIpc) is 3.01. The first-order chi connectivity index (χ1) is 12.3.